The molecule has 1 atom stereocenters. The highest BCUT2D eigenvalue weighted by Crippen LogP contribution is 2.40. The van der Waals surface area contributed by atoms with Crippen LogP contribution < -0.4 is 5.32 Å². The second kappa shape index (κ2) is 7.44. The van der Waals surface area contributed by atoms with Gasteiger partial charge in [0.15, 0.2) is 0 Å². The van der Waals surface area contributed by atoms with Crippen molar-refractivity contribution in [2.45, 2.75) is 36.0 Å². The summed E-state index contributed by atoms with van der Waals surface area (Å²) in [6.45, 7) is 1.78. The van der Waals surface area contributed by atoms with E-state index in [4.69, 9.17) is 16.6 Å². The van der Waals surface area contributed by atoms with Crippen LogP contribution in [0.5, 0.6) is 0 Å². The van der Waals surface area contributed by atoms with Gasteiger partial charge in [-0.25, -0.2) is 14.4 Å². The first-order valence-electron chi connectivity index (χ1n) is 8.70. The molecule has 1 fully saturated rings. The molecule has 4 rings (SSSR count). The molecule has 7 heteroatoms. The van der Waals surface area contributed by atoms with E-state index in [1.807, 2.05) is 24.3 Å². The first-order valence-corrected chi connectivity index (χ1v) is 9.96. The van der Waals surface area contributed by atoms with E-state index in [1.165, 1.54) is 30.0 Å². The molecule has 0 spiro atoms. The Morgan fingerprint density at radius 3 is 2.78 bits per heavy atom. The molecule has 1 aliphatic carbocycles. The van der Waals surface area contributed by atoms with Gasteiger partial charge in [-0.15, -0.1) is 0 Å². The van der Waals surface area contributed by atoms with Crippen LogP contribution in [0.1, 0.15) is 31.5 Å². The number of thioether (sulfide) groups is 1. The number of carbonyl (C=O) groups excluding carboxylic acids is 1. The Morgan fingerprint density at radius 2 is 2.04 bits per heavy atom. The number of amides is 1. The van der Waals surface area contributed by atoms with Gasteiger partial charge in [0.25, 0.3) is 0 Å². The molecule has 1 saturated carbocycles. The van der Waals surface area contributed by atoms with E-state index < -0.39 is 11.1 Å². The van der Waals surface area contributed by atoms with Gasteiger partial charge in [-0.3, -0.25) is 4.79 Å². The number of nitrogens with zero attached hydrogens (tertiary/aromatic N) is 2. The van der Waals surface area contributed by atoms with Crippen LogP contribution in [0.3, 0.4) is 0 Å². The molecule has 0 radical (unpaired) electrons. The normalized spacial score (nSPS) is 14.9. The zero-order chi connectivity index (χ0) is 19.0. The van der Waals surface area contributed by atoms with Crippen molar-refractivity contribution in [3.63, 3.8) is 0 Å². The van der Waals surface area contributed by atoms with E-state index >= 15 is 0 Å². The lowest BCUT2D eigenvalue weighted by atomic mass is 10.2. The minimum atomic E-state index is -0.559. The minimum Gasteiger partial charge on any atom is -0.323 e. The van der Waals surface area contributed by atoms with Gasteiger partial charge in [0.2, 0.25) is 5.91 Å². The summed E-state index contributed by atoms with van der Waals surface area (Å²) in [5, 5.41) is 4.15. The Bertz CT molecular complexity index is 1030. The predicted molar refractivity (Wildman–Crippen MR) is 107 cm³/mol. The fourth-order valence-electron chi connectivity index (χ4n) is 2.72. The highest BCUT2D eigenvalue weighted by Gasteiger charge is 2.28. The van der Waals surface area contributed by atoms with Crippen LogP contribution in [0.25, 0.3) is 10.9 Å². The highest BCUT2D eigenvalue weighted by molar-refractivity contribution is 8.00. The van der Waals surface area contributed by atoms with E-state index in [9.17, 15) is 9.18 Å². The monoisotopic (exact) mass is 401 g/mol. The maximum Gasteiger partial charge on any atom is 0.237 e. The summed E-state index contributed by atoms with van der Waals surface area (Å²) < 4.78 is 13.9. The van der Waals surface area contributed by atoms with Crippen molar-refractivity contribution in [1.29, 1.82) is 0 Å². The third kappa shape index (κ3) is 4.06. The van der Waals surface area contributed by atoms with Gasteiger partial charge in [-0.2, -0.15) is 0 Å². The third-order valence-electron chi connectivity index (χ3n) is 4.37. The first kappa shape index (κ1) is 18.2. The molecule has 4 nitrogen and oxygen atoms in total. The molecular formula is C20H17ClFN3OS. The first-order chi connectivity index (χ1) is 13.0. The Balaban J connectivity index is 1.56. The molecular weight excluding hydrogens is 385 g/mol. The SMILES string of the molecule is CC(Sc1nc(C2CC2)nc2ccccc12)C(=O)Nc1ccc(Cl)cc1F. The van der Waals surface area contributed by atoms with Gasteiger partial charge >= 0.3 is 0 Å². The van der Waals surface area contributed by atoms with Crippen LogP contribution in [0.2, 0.25) is 5.02 Å². The summed E-state index contributed by atoms with van der Waals surface area (Å²) >= 11 is 7.11. The molecule has 1 amide bonds. The van der Waals surface area contributed by atoms with Crippen LogP contribution in [-0.2, 0) is 4.79 Å². The number of carbonyl (C=O) groups is 1. The predicted octanol–water partition coefficient (Wildman–Crippen LogP) is 5.42. The zero-order valence-electron chi connectivity index (χ0n) is 14.6. The lowest BCUT2D eigenvalue weighted by Gasteiger charge is -2.14. The molecule has 0 aliphatic heterocycles. The summed E-state index contributed by atoms with van der Waals surface area (Å²) in [7, 11) is 0. The summed E-state index contributed by atoms with van der Waals surface area (Å²) in [5.74, 6) is 0.405. The smallest absolute Gasteiger partial charge is 0.237 e. The molecule has 1 N–H and O–H groups in total. The number of hydrogen-bond acceptors (Lipinski definition) is 4. The Kier molecular flexibility index (Phi) is 5.02. The van der Waals surface area contributed by atoms with Gasteiger partial charge in [0, 0.05) is 16.3 Å². The van der Waals surface area contributed by atoms with Crippen molar-refractivity contribution >= 4 is 45.9 Å². The van der Waals surface area contributed by atoms with Crippen molar-refractivity contribution < 1.29 is 9.18 Å². The zero-order valence-corrected chi connectivity index (χ0v) is 16.1. The topological polar surface area (TPSA) is 54.9 Å². The number of aromatic nitrogens is 2. The molecule has 1 heterocycles. The van der Waals surface area contributed by atoms with Crippen LogP contribution >= 0.6 is 23.4 Å². The third-order valence-corrected chi connectivity index (χ3v) is 5.71. The van der Waals surface area contributed by atoms with Crippen molar-refractivity contribution in [3.8, 4) is 0 Å². The lowest BCUT2D eigenvalue weighted by Crippen LogP contribution is -2.23. The average molecular weight is 402 g/mol. The molecule has 1 aromatic heterocycles. The molecule has 2 aromatic carbocycles. The number of hydrogen-bond donors (Lipinski definition) is 1. The molecule has 27 heavy (non-hydrogen) atoms. The van der Waals surface area contributed by atoms with E-state index in [0.29, 0.717) is 5.92 Å². The van der Waals surface area contributed by atoms with E-state index in [0.717, 1.165) is 34.6 Å². The summed E-state index contributed by atoms with van der Waals surface area (Å²) in [4.78, 5) is 21.9. The number of para-hydroxylation sites is 1. The standard InChI is InChI=1S/C20H17ClFN3OS/c1-11(19(26)24-17-9-8-13(21)10-15(17)22)27-20-14-4-2-3-5-16(14)23-18(25-20)12-6-7-12/h2-5,8-12H,6-7H2,1H3,(H,24,26). The van der Waals surface area contributed by atoms with Gasteiger partial charge in [-0.05, 0) is 44.0 Å². The van der Waals surface area contributed by atoms with Gasteiger partial charge in [-0.1, -0.05) is 41.6 Å². The fourth-order valence-corrected chi connectivity index (χ4v) is 3.83. The number of nitrogens with one attached hydrogen (secondary N) is 1. The number of benzene rings is 2. The molecule has 3 aromatic rings. The van der Waals surface area contributed by atoms with Gasteiger partial charge in [0.1, 0.15) is 16.7 Å². The van der Waals surface area contributed by atoms with Crippen LogP contribution in [-0.4, -0.2) is 21.1 Å². The average Bonchev–Trinajstić information content (AvgIpc) is 3.49. The molecule has 1 unspecified atom stereocenters. The van der Waals surface area contributed by atoms with Crippen molar-refractivity contribution in [1.82, 2.24) is 9.97 Å². The molecule has 0 saturated heterocycles. The second-order valence-electron chi connectivity index (χ2n) is 6.55. The number of fused-ring (bicyclic) bond motifs is 1. The highest BCUT2D eigenvalue weighted by atomic mass is 35.5. The van der Waals surface area contributed by atoms with E-state index in [1.54, 1.807) is 6.92 Å². The molecule has 138 valence electrons. The second-order valence-corrected chi connectivity index (χ2v) is 8.32. The van der Waals surface area contributed by atoms with Crippen LogP contribution in [0.15, 0.2) is 47.5 Å². The Hall–Kier alpha value is -2.18. The van der Waals surface area contributed by atoms with Gasteiger partial charge in [0.05, 0.1) is 16.5 Å². The van der Waals surface area contributed by atoms with E-state index in [-0.39, 0.29) is 16.6 Å². The number of rotatable bonds is 5. The maximum absolute atomic E-state index is 13.9. The van der Waals surface area contributed by atoms with Crippen molar-refractivity contribution in [2.24, 2.45) is 0 Å². The summed E-state index contributed by atoms with van der Waals surface area (Å²) in [5.41, 5.74) is 0.997. The quantitative estimate of drug-likeness (QED) is 0.458. The molecule has 0 bridgehead atoms. The molecule has 1 aliphatic rings. The van der Waals surface area contributed by atoms with Crippen LogP contribution in [0, 0.1) is 5.82 Å². The minimum absolute atomic E-state index is 0.114. The largest absolute Gasteiger partial charge is 0.323 e. The number of anilines is 1. The lowest BCUT2D eigenvalue weighted by molar-refractivity contribution is -0.115. The summed E-state index contributed by atoms with van der Waals surface area (Å²) in [6, 6.07) is 12.0. The number of halogens is 2. The van der Waals surface area contributed by atoms with E-state index in [2.05, 4.69) is 10.3 Å². The van der Waals surface area contributed by atoms with Gasteiger partial charge < -0.3 is 5.32 Å². The fraction of sp³-hybridized carbons (Fsp3) is 0.250. The van der Waals surface area contributed by atoms with Crippen molar-refractivity contribution in [2.75, 3.05) is 5.32 Å². The summed E-state index contributed by atoms with van der Waals surface area (Å²) in [6.07, 6.45) is 2.21. The maximum atomic E-state index is 13.9. The van der Waals surface area contributed by atoms with Crippen molar-refractivity contribution in [3.05, 3.63) is 59.1 Å². The Morgan fingerprint density at radius 1 is 1.26 bits per heavy atom. The Labute approximate surface area is 165 Å². The van der Waals surface area contributed by atoms with Crippen LogP contribution in [0.4, 0.5) is 10.1 Å².